The van der Waals surface area contributed by atoms with Gasteiger partial charge in [-0.15, -0.1) is 0 Å². The van der Waals surface area contributed by atoms with Crippen molar-refractivity contribution >= 4 is 23.2 Å². The van der Waals surface area contributed by atoms with E-state index in [-0.39, 0.29) is 12.7 Å². The fourth-order valence-electron chi connectivity index (χ4n) is 2.63. The number of nitrogens with one attached hydrogen (secondary N) is 1. The molecule has 0 atom stereocenters. The van der Waals surface area contributed by atoms with Crippen LogP contribution in [-0.2, 0) is 11.2 Å². The molecule has 2 aromatic carbocycles. The molecule has 2 aromatic rings. The van der Waals surface area contributed by atoms with E-state index in [4.69, 9.17) is 21.1 Å². The minimum absolute atomic E-state index is 0.0588. The fraction of sp³-hybridized carbons (Fsp3) is 0.278. The van der Waals surface area contributed by atoms with Crippen LogP contribution < -0.4 is 14.8 Å². The number of ether oxygens (including phenoxy) is 2. The van der Waals surface area contributed by atoms with Gasteiger partial charge in [0.15, 0.2) is 11.5 Å². The molecule has 0 bridgehead atoms. The summed E-state index contributed by atoms with van der Waals surface area (Å²) in [5, 5.41) is 3.47. The second-order valence-electron chi connectivity index (χ2n) is 5.67. The highest BCUT2D eigenvalue weighted by Gasteiger charge is 2.14. The average Bonchev–Trinajstić information content (AvgIpc) is 2.96. The lowest BCUT2D eigenvalue weighted by Gasteiger charge is -2.11. The Balaban J connectivity index is 1.62. The second-order valence-corrected chi connectivity index (χ2v) is 6.08. The Kier molecular flexibility index (Phi) is 4.44. The van der Waals surface area contributed by atoms with E-state index in [1.54, 1.807) is 0 Å². The summed E-state index contributed by atoms with van der Waals surface area (Å²) in [6.07, 6.45) is 1.01. The van der Waals surface area contributed by atoms with E-state index in [0.29, 0.717) is 23.6 Å². The van der Waals surface area contributed by atoms with Crippen LogP contribution in [0.25, 0.3) is 0 Å². The molecule has 3 rings (SSSR count). The van der Waals surface area contributed by atoms with Crippen LogP contribution in [0.4, 0.5) is 5.69 Å². The lowest BCUT2D eigenvalue weighted by Crippen LogP contribution is -2.13. The molecule has 23 heavy (non-hydrogen) atoms. The highest BCUT2D eigenvalue weighted by atomic mass is 35.5. The third kappa shape index (κ3) is 3.59. The predicted octanol–water partition coefficient (Wildman–Crippen LogP) is 4.26. The zero-order valence-electron chi connectivity index (χ0n) is 13.1. The van der Waals surface area contributed by atoms with Crippen LogP contribution in [0.1, 0.15) is 23.1 Å². The largest absolute Gasteiger partial charge is 0.454 e. The fourth-order valence-corrected chi connectivity index (χ4v) is 3.00. The van der Waals surface area contributed by atoms with Crippen molar-refractivity contribution in [3.05, 3.63) is 52.0 Å². The Bertz CT molecular complexity index is 735. The number of hydrogen-bond acceptors (Lipinski definition) is 3. The van der Waals surface area contributed by atoms with E-state index >= 15 is 0 Å². The molecular formula is C18H18ClNO3. The van der Waals surface area contributed by atoms with Gasteiger partial charge in [-0.1, -0.05) is 23.7 Å². The van der Waals surface area contributed by atoms with E-state index in [0.717, 1.165) is 28.2 Å². The van der Waals surface area contributed by atoms with Crippen molar-refractivity contribution in [2.45, 2.75) is 26.7 Å². The average molecular weight is 332 g/mol. The molecule has 0 spiro atoms. The molecule has 1 aliphatic rings. The standard InChI is InChI=1S/C18H18ClNO3/c1-11-7-12(2)18(14(19)8-11)20-17(21)6-4-13-3-5-15-16(9-13)23-10-22-15/h3,5,7-9H,4,6,10H2,1-2H3,(H,20,21). The quantitative estimate of drug-likeness (QED) is 0.910. The van der Waals surface area contributed by atoms with Crippen LogP contribution >= 0.6 is 11.6 Å². The summed E-state index contributed by atoms with van der Waals surface area (Å²) in [5.41, 5.74) is 3.77. The molecule has 0 fully saturated rings. The summed E-state index contributed by atoms with van der Waals surface area (Å²) in [5.74, 6) is 1.43. The first-order chi connectivity index (χ1) is 11.0. The van der Waals surface area contributed by atoms with E-state index < -0.39 is 0 Å². The minimum Gasteiger partial charge on any atom is -0.454 e. The highest BCUT2D eigenvalue weighted by Crippen LogP contribution is 2.33. The molecule has 0 aliphatic carbocycles. The van der Waals surface area contributed by atoms with E-state index in [2.05, 4.69) is 5.32 Å². The van der Waals surface area contributed by atoms with Gasteiger partial charge in [-0.2, -0.15) is 0 Å². The van der Waals surface area contributed by atoms with Crippen molar-refractivity contribution in [2.24, 2.45) is 0 Å². The smallest absolute Gasteiger partial charge is 0.231 e. The lowest BCUT2D eigenvalue weighted by atomic mass is 10.1. The van der Waals surface area contributed by atoms with Crippen LogP contribution in [0.2, 0.25) is 5.02 Å². The van der Waals surface area contributed by atoms with Gasteiger partial charge >= 0.3 is 0 Å². The van der Waals surface area contributed by atoms with Crippen molar-refractivity contribution in [1.29, 1.82) is 0 Å². The number of anilines is 1. The molecule has 1 aliphatic heterocycles. The van der Waals surface area contributed by atoms with Gasteiger partial charge < -0.3 is 14.8 Å². The van der Waals surface area contributed by atoms with E-state index in [1.165, 1.54) is 0 Å². The number of carbonyl (C=O) groups is 1. The van der Waals surface area contributed by atoms with Gasteiger partial charge in [0.05, 0.1) is 10.7 Å². The highest BCUT2D eigenvalue weighted by molar-refractivity contribution is 6.34. The zero-order valence-corrected chi connectivity index (χ0v) is 13.9. The number of hydrogen-bond donors (Lipinski definition) is 1. The van der Waals surface area contributed by atoms with Crippen LogP contribution in [-0.4, -0.2) is 12.7 Å². The second kappa shape index (κ2) is 6.50. The summed E-state index contributed by atoms with van der Waals surface area (Å²) in [6.45, 7) is 4.17. The van der Waals surface area contributed by atoms with Crippen molar-refractivity contribution in [3.8, 4) is 11.5 Å². The topological polar surface area (TPSA) is 47.6 Å². The molecule has 0 saturated heterocycles. The number of carbonyl (C=O) groups excluding carboxylic acids is 1. The Morgan fingerprint density at radius 1 is 1.17 bits per heavy atom. The Morgan fingerprint density at radius 3 is 2.74 bits per heavy atom. The maximum atomic E-state index is 12.2. The molecule has 0 radical (unpaired) electrons. The molecule has 0 saturated carbocycles. The van der Waals surface area contributed by atoms with Crippen molar-refractivity contribution in [3.63, 3.8) is 0 Å². The molecule has 4 nitrogen and oxygen atoms in total. The van der Waals surface area contributed by atoms with Gasteiger partial charge in [0.25, 0.3) is 0 Å². The molecular weight excluding hydrogens is 314 g/mol. The van der Waals surface area contributed by atoms with E-state index in [9.17, 15) is 4.79 Å². The van der Waals surface area contributed by atoms with Crippen molar-refractivity contribution in [2.75, 3.05) is 12.1 Å². The summed E-state index contributed by atoms with van der Waals surface area (Å²) in [7, 11) is 0. The molecule has 1 amide bonds. The number of rotatable bonds is 4. The lowest BCUT2D eigenvalue weighted by molar-refractivity contribution is -0.116. The van der Waals surface area contributed by atoms with Crippen molar-refractivity contribution < 1.29 is 14.3 Å². The number of amides is 1. The van der Waals surface area contributed by atoms with Gasteiger partial charge in [-0.05, 0) is 55.2 Å². The first-order valence-electron chi connectivity index (χ1n) is 7.48. The normalized spacial score (nSPS) is 12.3. The van der Waals surface area contributed by atoms with Crippen LogP contribution in [0.15, 0.2) is 30.3 Å². The van der Waals surface area contributed by atoms with Crippen molar-refractivity contribution in [1.82, 2.24) is 0 Å². The number of aryl methyl sites for hydroxylation is 3. The molecule has 0 aromatic heterocycles. The van der Waals surface area contributed by atoms with E-state index in [1.807, 2.05) is 44.2 Å². The number of fused-ring (bicyclic) bond motifs is 1. The van der Waals surface area contributed by atoms with Gasteiger partial charge in [-0.25, -0.2) is 0 Å². The zero-order chi connectivity index (χ0) is 16.4. The predicted molar refractivity (Wildman–Crippen MR) is 90.4 cm³/mol. The monoisotopic (exact) mass is 331 g/mol. The third-order valence-electron chi connectivity index (χ3n) is 3.77. The Labute approximate surface area is 140 Å². The Morgan fingerprint density at radius 2 is 1.96 bits per heavy atom. The molecule has 5 heteroatoms. The number of halogens is 1. The third-order valence-corrected chi connectivity index (χ3v) is 4.07. The molecule has 120 valence electrons. The molecule has 1 N–H and O–H groups in total. The number of benzene rings is 2. The van der Waals surface area contributed by atoms with Gasteiger partial charge in [0.1, 0.15) is 0 Å². The maximum Gasteiger partial charge on any atom is 0.231 e. The van der Waals surface area contributed by atoms with Crippen LogP contribution in [0, 0.1) is 13.8 Å². The van der Waals surface area contributed by atoms with Gasteiger partial charge in [-0.3, -0.25) is 4.79 Å². The van der Waals surface area contributed by atoms with Crippen LogP contribution in [0.5, 0.6) is 11.5 Å². The SMILES string of the molecule is Cc1cc(C)c(NC(=O)CCc2ccc3c(c2)OCO3)c(Cl)c1. The maximum absolute atomic E-state index is 12.2. The molecule has 0 unspecified atom stereocenters. The summed E-state index contributed by atoms with van der Waals surface area (Å²) >= 11 is 6.21. The summed E-state index contributed by atoms with van der Waals surface area (Å²) in [6, 6.07) is 9.59. The van der Waals surface area contributed by atoms with Gasteiger partial charge in [0.2, 0.25) is 12.7 Å². The van der Waals surface area contributed by atoms with Gasteiger partial charge in [0, 0.05) is 6.42 Å². The Hall–Kier alpha value is -2.20. The summed E-state index contributed by atoms with van der Waals surface area (Å²) < 4.78 is 10.6. The minimum atomic E-state index is -0.0588. The summed E-state index contributed by atoms with van der Waals surface area (Å²) in [4.78, 5) is 12.2. The molecule has 1 heterocycles. The first-order valence-corrected chi connectivity index (χ1v) is 7.86. The van der Waals surface area contributed by atoms with Crippen LogP contribution in [0.3, 0.4) is 0 Å². The first kappa shape index (κ1) is 15.7.